The van der Waals surface area contributed by atoms with E-state index in [1.54, 1.807) is 28.8 Å². The molecule has 0 radical (unpaired) electrons. The topological polar surface area (TPSA) is 100 Å². The summed E-state index contributed by atoms with van der Waals surface area (Å²) < 4.78 is 15.1. The van der Waals surface area contributed by atoms with E-state index in [1.165, 1.54) is 23.4 Å². The van der Waals surface area contributed by atoms with Gasteiger partial charge in [0.1, 0.15) is 12.1 Å². The Bertz CT molecular complexity index is 1160. The molecule has 0 aliphatic carbocycles. The van der Waals surface area contributed by atoms with Gasteiger partial charge in [-0.1, -0.05) is 11.3 Å². The highest BCUT2D eigenvalue weighted by atomic mass is 19.1. The summed E-state index contributed by atoms with van der Waals surface area (Å²) in [4.78, 5) is 39.4. The maximum atomic E-state index is 13.5. The molecule has 2 aliphatic rings. The van der Waals surface area contributed by atoms with Crippen LogP contribution in [0.5, 0.6) is 0 Å². The van der Waals surface area contributed by atoms with Crippen molar-refractivity contribution in [3.63, 3.8) is 0 Å². The third-order valence-corrected chi connectivity index (χ3v) is 5.85. The maximum Gasteiger partial charge on any atom is 0.228 e. The van der Waals surface area contributed by atoms with E-state index in [0.717, 1.165) is 0 Å². The quantitative estimate of drug-likeness (QED) is 0.607. The number of carbonyl (C=O) groups is 2. The Hall–Kier alpha value is -3.63. The summed E-state index contributed by atoms with van der Waals surface area (Å²) in [6, 6.07) is 5.89. The molecule has 0 bridgehead atoms. The van der Waals surface area contributed by atoms with Gasteiger partial charge in [-0.15, -0.1) is 5.10 Å². The average molecular weight is 424 g/mol. The number of anilines is 2. The van der Waals surface area contributed by atoms with Crippen molar-refractivity contribution in [2.75, 3.05) is 42.5 Å². The van der Waals surface area contributed by atoms with Gasteiger partial charge in [0.2, 0.25) is 11.8 Å². The van der Waals surface area contributed by atoms with E-state index < -0.39 is 11.7 Å². The SMILES string of the molecule is Cn1nnc2c(N3CCN(C(=O)C4CC(=O)N(c5cccc(F)c5)C4)CC3)ncnc21. The van der Waals surface area contributed by atoms with Gasteiger partial charge >= 0.3 is 0 Å². The zero-order chi connectivity index (χ0) is 21.5. The molecular formula is C20H21FN8O2. The Balaban J connectivity index is 1.25. The molecule has 0 N–H and O–H groups in total. The van der Waals surface area contributed by atoms with Gasteiger partial charge in [-0.2, -0.15) is 0 Å². The molecule has 3 aromatic rings. The summed E-state index contributed by atoms with van der Waals surface area (Å²) in [5.41, 5.74) is 1.78. The molecule has 2 aromatic heterocycles. The van der Waals surface area contributed by atoms with E-state index in [1.807, 2.05) is 0 Å². The van der Waals surface area contributed by atoms with Crippen LogP contribution in [0.4, 0.5) is 15.9 Å². The Labute approximate surface area is 177 Å². The summed E-state index contributed by atoms with van der Waals surface area (Å²) in [5, 5.41) is 8.16. The van der Waals surface area contributed by atoms with Crippen molar-refractivity contribution < 1.29 is 14.0 Å². The second kappa shape index (κ2) is 7.56. The lowest BCUT2D eigenvalue weighted by Crippen LogP contribution is -2.51. The Morgan fingerprint density at radius 3 is 2.74 bits per heavy atom. The number of amides is 2. The molecule has 0 saturated carbocycles. The van der Waals surface area contributed by atoms with E-state index in [4.69, 9.17) is 0 Å². The van der Waals surface area contributed by atoms with E-state index in [2.05, 4.69) is 25.2 Å². The number of aryl methyl sites for hydroxylation is 1. The first-order chi connectivity index (χ1) is 15.0. The molecular weight excluding hydrogens is 403 g/mol. The first-order valence-corrected chi connectivity index (χ1v) is 10.1. The van der Waals surface area contributed by atoms with Crippen molar-refractivity contribution in [1.29, 1.82) is 0 Å². The van der Waals surface area contributed by atoms with Crippen LogP contribution in [0.3, 0.4) is 0 Å². The molecule has 10 nitrogen and oxygen atoms in total. The van der Waals surface area contributed by atoms with Gasteiger partial charge in [-0.05, 0) is 18.2 Å². The number of rotatable bonds is 3. The van der Waals surface area contributed by atoms with Crippen LogP contribution in [0.15, 0.2) is 30.6 Å². The predicted octanol–water partition coefficient (Wildman–Crippen LogP) is 0.599. The van der Waals surface area contributed by atoms with Gasteiger partial charge in [-0.25, -0.2) is 19.0 Å². The van der Waals surface area contributed by atoms with Crippen molar-refractivity contribution in [2.45, 2.75) is 6.42 Å². The molecule has 160 valence electrons. The first-order valence-electron chi connectivity index (χ1n) is 10.1. The number of nitrogens with zero attached hydrogens (tertiary/aromatic N) is 8. The van der Waals surface area contributed by atoms with Crippen LogP contribution in [0.2, 0.25) is 0 Å². The number of aromatic nitrogens is 5. The van der Waals surface area contributed by atoms with Crippen LogP contribution in [-0.4, -0.2) is 74.4 Å². The van der Waals surface area contributed by atoms with E-state index in [9.17, 15) is 14.0 Å². The highest BCUT2D eigenvalue weighted by molar-refractivity contribution is 6.00. The minimum absolute atomic E-state index is 0.0424. The van der Waals surface area contributed by atoms with Crippen molar-refractivity contribution in [3.05, 3.63) is 36.4 Å². The summed E-state index contributed by atoms with van der Waals surface area (Å²) >= 11 is 0. The minimum atomic E-state index is -0.423. The van der Waals surface area contributed by atoms with Crippen molar-refractivity contribution in [2.24, 2.45) is 13.0 Å². The van der Waals surface area contributed by atoms with E-state index in [-0.39, 0.29) is 24.8 Å². The lowest BCUT2D eigenvalue weighted by Gasteiger charge is -2.36. The normalized spacial score (nSPS) is 19.5. The molecule has 2 aliphatic heterocycles. The van der Waals surface area contributed by atoms with Gasteiger partial charge in [0.15, 0.2) is 17.0 Å². The highest BCUT2D eigenvalue weighted by Gasteiger charge is 2.38. The highest BCUT2D eigenvalue weighted by Crippen LogP contribution is 2.28. The fourth-order valence-electron chi connectivity index (χ4n) is 4.24. The number of hydrogen-bond donors (Lipinski definition) is 0. The molecule has 2 fully saturated rings. The summed E-state index contributed by atoms with van der Waals surface area (Å²) in [7, 11) is 1.78. The molecule has 2 saturated heterocycles. The molecule has 11 heteroatoms. The number of carbonyl (C=O) groups excluding carboxylic acids is 2. The molecule has 1 unspecified atom stereocenters. The maximum absolute atomic E-state index is 13.5. The lowest BCUT2D eigenvalue weighted by molar-refractivity contribution is -0.136. The summed E-state index contributed by atoms with van der Waals surface area (Å²) in [6.07, 6.45) is 1.63. The monoisotopic (exact) mass is 424 g/mol. The minimum Gasteiger partial charge on any atom is -0.351 e. The van der Waals surface area contributed by atoms with Gasteiger partial charge in [0.05, 0.1) is 5.92 Å². The number of fused-ring (bicyclic) bond motifs is 1. The van der Waals surface area contributed by atoms with Gasteiger partial charge < -0.3 is 14.7 Å². The van der Waals surface area contributed by atoms with Crippen LogP contribution in [0, 0.1) is 11.7 Å². The summed E-state index contributed by atoms with van der Waals surface area (Å²) in [5.74, 6) is -0.322. The number of benzene rings is 1. The fourth-order valence-corrected chi connectivity index (χ4v) is 4.24. The van der Waals surface area contributed by atoms with E-state index >= 15 is 0 Å². The molecule has 2 amide bonds. The van der Waals surface area contributed by atoms with Crippen molar-refractivity contribution in [3.8, 4) is 0 Å². The predicted molar refractivity (Wildman–Crippen MR) is 110 cm³/mol. The molecule has 5 rings (SSSR count). The largest absolute Gasteiger partial charge is 0.351 e. The number of hydrogen-bond acceptors (Lipinski definition) is 7. The number of halogens is 1. The third kappa shape index (κ3) is 3.45. The lowest BCUT2D eigenvalue weighted by atomic mass is 10.1. The van der Waals surface area contributed by atoms with Gasteiger partial charge in [0.25, 0.3) is 0 Å². The Morgan fingerprint density at radius 1 is 1.16 bits per heavy atom. The average Bonchev–Trinajstić information content (AvgIpc) is 3.36. The molecule has 4 heterocycles. The fraction of sp³-hybridized carbons (Fsp3) is 0.400. The van der Waals surface area contributed by atoms with Crippen LogP contribution >= 0.6 is 0 Å². The number of piperazine rings is 1. The summed E-state index contributed by atoms with van der Waals surface area (Å²) in [6.45, 7) is 2.52. The van der Waals surface area contributed by atoms with E-state index in [0.29, 0.717) is 48.8 Å². The van der Waals surface area contributed by atoms with Crippen LogP contribution in [-0.2, 0) is 16.6 Å². The van der Waals surface area contributed by atoms with Crippen LogP contribution in [0.25, 0.3) is 11.2 Å². The molecule has 1 atom stereocenters. The van der Waals surface area contributed by atoms with Crippen LogP contribution < -0.4 is 9.80 Å². The third-order valence-electron chi connectivity index (χ3n) is 5.85. The second-order valence-electron chi connectivity index (χ2n) is 7.78. The van der Waals surface area contributed by atoms with Gasteiger partial charge in [0, 0.05) is 51.9 Å². The van der Waals surface area contributed by atoms with Crippen molar-refractivity contribution >= 4 is 34.5 Å². The van der Waals surface area contributed by atoms with Crippen LogP contribution in [0.1, 0.15) is 6.42 Å². The Kier molecular flexibility index (Phi) is 4.72. The first kappa shape index (κ1) is 19.3. The molecule has 1 aromatic carbocycles. The molecule has 31 heavy (non-hydrogen) atoms. The zero-order valence-corrected chi connectivity index (χ0v) is 17.0. The standard InChI is InChI=1S/C20H21FN8O2/c1-26-18-17(24-25-26)19(23-12-22-18)27-5-7-28(8-6-27)20(31)13-9-16(30)29(11-13)15-4-2-3-14(21)10-15/h2-4,10,12-13H,5-9,11H2,1H3. The van der Waals surface area contributed by atoms with Gasteiger partial charge in [-0.3, -0.25) is 9.59 Å². The Morgan fingerprint density at radius 2 is 1.97 bits per heavy atom. The smallest absolute Gasteiger partial charge is 0.228 e. The zero-order valence-electron chi connectivity index (χ0n) is 17.0. The van der Waals surface area contributed by atoms with Crippen molar-refractivity contribution in [1.82, 2.24) is 29.9 Å². The second-order valence-corrected chi connectivity index (χ2v) is 7.78. The molecule has 0 spiro atoms.